The Balaban J connectivity index is 1.96. The van der Waals surface area contributed by atoms with E-state index in [1.807, 2.05) is 19.1 Å². The third-order valence-corrected chi connectivity index (χ3v) is 4.21. The molecule has 0 saturated carbocycles. The molecule has 2 rings (SSSR count). The molecule has 4 N–H and O–H groups in total. The van der Waals surface area contributed by atoms with Crippen molar-refractivity contribution < 1.29 is 19.1 Å². The Kier molecular flexibility index (Phi) is 7.40. The molecule has 0 bridgehead atoms. The van der Waals surface area contributed by atoms with Gasteiger partial charge in [0.15, 0.2) is 6.10 Å². The van der Waals surface area contributed by atoms with Crippen LogP contribution in [-0.4, -0.2) is 24.0 Å². The number of nitrogens with two attached hydrogens (primary N) is 1. The minimum atomic E-state index is -1.01. The van der Waals surface area contributed by atoms with Crippen LogP contribution < -0.4 is 16.4 Å². The van der Waals surface area contributed by atoms with Crippen molar-refractivity contribution in [3.8, 4) is 0 Å². The highest BCUT2D eigenvalue weighted by atomic mass is 35.5. The minimum absolute atomic E-state index is 0.188. The number of hydrogen-bond donors (Lipinski definition) is 3. The summed E-state index contributed by atoms with van der Waals surface area (Å²) in [5, 5.41) is 5.68. The molecule has 28 heavy (non-hydrogen) atoms. The molecule has 0 aliphatic heterocycles. The standard InChI is InChI=1S/C20H22ClN3O4/c1-12-3-9-16(10-4-12)23-19(26)13(2)28-18(25)11-17(24-20(22)27)14-5-7-15(21)8-6-14/h3-10,13,17H,11H2,1-2H3,(H,23,26)(H3,22,24,27)/t13-,17+/m1/s1. The number of ether oxygens (including phenoxy) is 1. The monoisotopic (exact) mass is 403 g/mol. The van der Waals surface area contributed by atoms with E-state index in [1.165, 1.54) is 6.92 Å². The van der Waals surface area contributed by atoms with Crippen LogP contribution in [0.2, 0.25) is 5.02 Å². The molecule has 8 heteroatoms. The number of primary amides is 1. The van der Waals surface area contributed by atoms with Gasteiger partial charge in [-0.1, -0.05) is 41.4 Å². The average Bonchev–Trinajstić information content (AvgIpc) is 2.63. The Hall–Kier alpha value is -3.06. The normalized spacial score (nSPS) is 12.5. The van der Waals surface area contributed by atoms with E-state index in [0.29, 0.717) is 16.3 Å². The maximum atomic E-state index is 12.3. The van der Waals surface area contributed by atoms with Gasteiger partial charge in [0.1, 0.15) is 0 Å². The number of aryl methyl sites for hydroxylation is 1. The van der Waals surface area contributed by atoms with Crippen LogP contribution in [-0.2, 0) is 14.3 Å². The van der Waals surface area contributed by atoms with E-state index in [-0.39, 0.29) is 6.42 Å². The van der Waals surface area contributed by atoms with Crippen LogP contribution in [0.1, 0.15) is 30.5 Å². The van der Waals surface area contributed by atoms with Gasteiger partial charge in [-0.2, -0.15) is 0 Å². The molecule has 0 heterocycles. The second kappa shape index (κ2) is 9.75. The average molecular weight is 404 g/mol. The first-order valence-corrected chi connectivity index (χ1v) is 9.01. The first-order chi connectivity index (χ1) is 13.2. The van der Waals surface area contributed by atoms with Crippen LogP contribution in [0.4, 0.5) is 10.5 Å². The Morgan fingerprint density at radius 2 is 1.68 bits per heavy atom. The summed E-state index contributed by atoms with van der Waals surface area (Å²) in [5.74, 6) is -1.11. The number of carbonyl (C=O) groups is 3. The maximum absolute atomic E-state index is 12.3. The molecule has 3 amide bonds. The molecule has 2 aromatic carbocycles. The van der Waals surface area contributed by atoms with Crippen LogP contribution in [0.15, 0.2) is 48.5 Å². The highest BCUT2D eigenvalue weighted by Gasteiger charge is 2.23. The molecule has 0 saturated heterocycles. The van der Waals surface area contributed by atoms with E-state index in [4.69, 9.17) is 22.1 Å². The summed E-state index contributed by atoms with van der Waals surface area (Å²) in [6.45, 7) is 3.41. The smallest absolute Gasteiger partial charge is 0.312 e. The predicted octanol–water partition coefficient (Wildman–Crippen LogP) is 3.32. The van der Waals surface area contributed by atoms with Crippen molar-refractivity contribution in [1.29, 1.82) is 0 Å². The number of carbonyl (C=O) groups excluding carboxylic acids is 3. The van der Waals surface area contributed by atoms with Crippen molar-refractivity contribution in [2.24, 2.45) is 5.73 Å². The molecule has 0 radical (unpaired) electrons. The highest BCUT2D eigenvalue weighted by molar-refractivity contribution is 6.30. The van der Waals surface area contributed by atoms with Crippen LogP contribution >= 0.6 is 11.6 Å². The number of esters is 1. The van der Waals surface area contributed by atoms with Gasteiger partial charge < -0.3 is 21.1 Å². The van der Waals surface area contributed by atoms with Gasteiger partial charge in [0.2, 0.25) is 0 Å². The molecular formula is C20H22ClN3O4. The molecule has 7 nitrogen and oxygen atoms in total. The second-order valence-corrected chi connectivity index (χ2v) is 6.74. The number of benzene rings is 2. The molecule has 148 valence electrons. The zero-order chi connectivity index (χ0) is 20.7. The summed E-state index contributed by atoms with van der Waals surface area (Å²) >= 11 is 5.86. The molecule has 0 aromatic heterocycles. The van der Waals surface area contributed by atoms with Crippen LogP contribution in [0.25, 0.3) is 0 Å². The maximum Gasteiger partial charge on any atom is 0.312 e. The van der Waals surface area contributed by atoms with E-state index in [2.05, 4.69) is 10.6 Å². The van der Waals surface area contributed by atoms with Gasteiger partial charge >= 0.3 is 12.0 Å². The number of halogens is 1. The summed E-state index contributed by atoms with van der Waals surface area (Å²) in [7, 11) is 0. The third-order valence-electron chi connectivity index (χ3n) is 3.96. The number of urea groups is 1. The summed E-state index contributed by atoms with van der Waals surface area (Å²) in [6.07, 6.45) is -1.19. The number of anilines is 1. The number of hydrogen-bond acceptors (Lipinski definition) is 4. The van der Waals surface area contributed by atoms with Gasteiger partial charge in [0.05, 0.1) is 12.5 Å². The second-order valence-electron chi connectivity index (χ2n) is 6.30. The molecule has 0 unspecified atom stereocenters. The molecule has 0 aliphatic carbocycles. The van der Waals surface area contributed by atoms with E-state index in [0.717, 1.165) is 5.56 Å². The van der Waals surface area contributed by atoms with Gasteiger partial charge in [0, 0.05) is 10.7 Å². The molecular weight excluding hydrogens is 382 g/mol. The Morgan fingerprint density at radius 1 is 1.07 bits per heavy atom. The van der Waals surface area contributed by atoms with Crippen molar-refractivity contribution in [2.45, 2.75) is 32.4 Å². The van der Waals surface area contributed by atoms with E-state index < -0.39 is 30.1 Å². The molecule has 0 fully saturated rings. The van der Waals surface area contributed by atoms with Crippen LogP contribution in [0, 0.1) is 6.92 Å². The molecule has 2 aromatic rings. The zero-order valence-electron chi connectivity index (χ0n) is 15.6. The van der Waals surface area contributed by atoms with Gasteiger partial charge in [-0.25, -0.2) is 4.79 Å². The number of nitrogens with one attached hydrogen (secondary N) is 2. The lowest BCUT2D eigenvalue weighted by atomic mass is 10.0. The fourth-order valence-electron chi connectivity index (χ4n) is 2.47. The van der Waals surface area contributed by atoms with E-state index in [1.54, 1.807) is 36.4 Å². The first-order valence-electron chi connectivity index (χ1n) is 8.63. The largest absolute Gasteiger partial charge is 0.452 e. The SMILES string of the molecule is Cc1ccc(NC(=O)[C@@H](C)OC(=O)C[C@H](NC(N)=O)c2ccc(Cl)cc2)cc1. The molecule has 2 atom stereocenters. The Morgan fingerprint density at radius 3 is 2.25 bits per heavy atom. The number of rotatable bonds is 7. The fraction of sp³-hybridized carbons (Fsp3) is 0.250. The lowest BCUT2D eigenvalue weighted by molar-refractivity contribution is -0.153. The van der Waals surface area contributed by atoms with Gasteiger partial charge in [-0.05, 0) is 43.7 Å². The van der Waals surface area contributed by atoms with Gasteiger partial charge in [0.25, 0.3) is 5.91 Å². The van der Waals surface area contributed by atoms with E-state index >= 15 is 0 Å². The summed E-state index contributed by atoms with van der Waals surface area (Å²) < 4.78 is 5.20. The minimum Gasteiger partial charge on any atom is -0.452 e. The van der Waals surface area contributed by atoms with Gasteiger partial charge in [-0.3, -0.25) is 9.59 Å². The molecule has 0 aliphatic rings. The quantitative estimate of drug-likeness (QED) is 0.616. The van der Waals surface area contributed by atoms with Crippen molar-refractivity contribution in [1.82, 2.24) is 5.32 Å². The summed E-state index contributed by atoms with van der Waals surface area (Å²) in [5.41, 5.74) is 7.49. The van der Waals surface area contributed by atoms with Crippen LogP contribution in [0.3, 0.4) is 0 Å². The lowest BCUT2D eigenvalue weighted by Gasteiger charge is -2.19. The van der Waals surface area contributed by atoms with E-state index in [9.17, 15) is 14.4 Å². The van der Waals surface area contributed by atoms with Crippen molar-refractivity contribution in [3.63, 3.8) is 0 Å². The van der Waals surface area contributed by atoms with Gasteiger partial charge in [-0.15, -0.1) is 0 Å². The van der Waals surface area contributed by atoms with Crippen molar-refractivity contribution in [3.05, 3.63) is 64.7 Å². The summed E-state index contributed by atoms with van der Waals surface area (Å²) in [4.78, 5) is 35.7. The van der Waals surface area contributed by atoms with Crippen LogP contribution in [0.5, 0.6) is 0 Å². The Bertz CT molecular complexity index is 838. The lowest BCUT2D eigenvalue weighted by Crippen LogP contribution is -2.36. The van der Waals surface area contributed by atoms with Crippen molar-refractivity contribution in [2.75, 3.05) is 5.32 Å². The highest BCUT2D eigenvalue weighted by Crippen LogP contribution is 2.20. The Labute approximate surface area is 168 Å². The first kappa shape index (κ1) is 21.2. The van der Waals surface area contributed by atoms with Crippen molar-refractivity contribution >= 4 is 35.2 Å². The zero-order valence-corrected chi connectivity index (χ0v) is 16.3. The summed E-state index contributed by atoms with van der Waals surface area (Å²) in [6, 6.07) is 12.4. The third kappa shape index (κ3) is 6.59. The predicted molar refractivity (Wildman–Crippen MR) is 107 cm³/mol. The topological polar surface area (TPSA) is 111 Å². The fourth-order valence-corrected chi connectivity index (χ4v) is 2.59. The molecule has 0 spiro atoms. The number of amides is 3.